The average molecular weight is 292 g/mol. The minimum atomic E-state index is -2.50. The van der Waals surface area contributed by atoms with E-state index < -0.39 is 8.80 Å². The van der Waals surface area contributed by atoms with E-state index in [1.807, 2.05) is 0 Å². The lowest BCUT2D eigenvalue weighted by molar-refractivity contribution is 0.0256. The number of epoxide rings is 2. The molecule has 6 nitrogen and oxygen atoms in total. The summed E-state index contributed by atoms with van der Waals surface area (Å²) in [6.07, 6.45) is 2.58. The Hall–Kier alpha value is -0.0231. The molecule has 7 heteroatoms. The van der Waals surface area contributed by atoms with Crippen LogP contribution in [0.15, 0.2) is 0 Å². The maximum absolute atomic E-state index is 5.90. The van der Waals surface area contributed by atoms with Crippen LogP contribution in [0.2, 0.25) is 6.04 Å². The smallest absolute Gasteiger partial charge is 0.377 e. The van der Waals surface area contributed by atoms with Crippen LogP contribution in [-0.4, -0.2) is 68.3 Å². The molecule has 0 aliphatic carbocycles. The van der Waals surface area contributed by atoms with Crippen molar-refractivity contribution in [1.82, 2.24) is 0 Å². The van der Waals surface area contributed by atoms with Gasteiger partial charge in [0, 0.05) is 33.8 Å². The quantitative estimate of drug-likeness (QED) is 0.415. The predicted molar refractivity (Wildman–Crippen MR) is 70.0 cm³/mol. The molecule has 0 bridgehead atoms. The van der Waals surface area contributed by atoms with Gasteiger partial charge in [-0.25, -0.2) is 0 Å². The molecule has 2 aliphatic heterocycles. The molecule has 0 aromatic carbocycles. The second kappa shape index (κ2) is 7.12. The molecule has 2 aliphatic rings. The van der Waals surface area contributed by atoms with E-state index in [9.17, 15) is 0 Å². The zero-order valence-corrected chi connectivity index (χ0v) is 12.9. The van der Waals surface area contributed by atoms with Crippen LogP contribution >= 0.6 is 0 Å². The van der Waals surface area contributed by atoms with Gasteiger partial charge in [0.2, 0.25) is 0 Å². The summed E-state index contributed by atoms with van der Waals surface area (Å²) in [5, 5.41) is 0. The lowest BCUT2D eigenvalue weighted by Gasteiger charge is -2.26. The third-order valence-electron chi connectivity index (χ3n) is 3.55. The van der Waals surface area contributed by atoms with Gasteiger partial charge < -0.3 is 27.5 Å². The van der Waals surface area contributed by atoms with Crippen LogP contribution in [0, 0.1) is 0 Å². The van der Waals surface area contributed by atoms with E-state index in [0.717, 1.165) is 32.1 Å². The summed E-state index contributed by atoms with van der Waals surface area (Å²) in [6, 6.07) is 0.749. The molecule has 2 fully saturated rings. The fraction of sp³-hybridized carbons (Fsp3) is 1.00. The normalized spacial score (nSPS) is 27.3. The first-order valence-electron chi connectivity index (χ1n) is 6.71. The summed E-state index contributed by atoms with van der Waals surface area (Å²) < 4.78 is 32.6. The topological polar surface area (TPSA) is 62.0 Å². The highest BCUT2D eigenvalue weighted by atomic mass is 28.4. The van der Waals surface area contributed by atoms with E-state index in [0.29, 0.717) is 12.7 Å². The van der Waals surface area contributed by atoms with Gasteiger partial charge >= 0.3 is 8.80 Å². The molecule has 2 saturated heterocycles. The fourth-order valence-electron chi connectivity index (χ4n) is 2.07. The first-order valence-corrected chi connectivity index (χ1v) is 8.65. The largest absolute Gasteiger partial charge is 0.500 e. The van der Waals surface area contributed by atoms with Crippen molar-refractivity contribution in [2.24, 2.45) is 0 Å². The molecule has 2 rings (SSSR count). The van der Waals surface area contributed by atoms with Crippen molar-refractivity contribution in [2.75, 3.05) is 41.2 Å². The molecular weight excluding hydrogens is 268 g/mol. The first kappa shape index (κ1) is 15.4. The molecule has 112 valence electrons. The van der Waals surface area contributed by atoms with Crippen molar-refractivity contribution < 1.29 is 27.5 Å². The highest BCUT2D eigenvalue weighted by Crippen LogP contribution is 2.25. The Kier molecular flexibility index (Phi) is 5.76. The monoisotopic (exact) mass is 292 g/mol. The van der Waals surface area contributed by atoms with E-state index in [2.05, 4.69) is 0 Å². The Balaban J connectivity index is 1.75. The molecule has 0 N–H and O–H groups in total. The van der Waals surface area contributed by atoms with Gasteiger partial charge in [-0.05, 0) is 6.42 Å². The number of rotatable bonds is 11. The third-order valence-corrected chi connectivity index (χ3v) is 6.32. The molecule has 3 atom stereocenters. The lowest BCUT2D eigenvalue weighted by Crippen LogP contribution is -2.43. The summed E-state index contributed by atoms with van der Waals surface area (Å²) in [6.45, 7) is 2.33. The third kappa shape index (κ3) is 5.11. The highest BCUT2D eigenvalue weighted by molar-refractivity contribution is 6.60. The maximum Gasteiger partial charge on any atom is 0.500 e. The Labute approximate surface area is 115 Å². The zero-order chi connectivity index (χ0) is 13.7. The van der Waals surface area contributed by atoms with Gasteiger partial charge in [-0.15, -0.1) is 0 Å². The second-order valence-corrected chi connectivity index (χ2v) is 8.03. The van der Waals surface area contributed by atoms with Crippen molar-refractivity contribution in [3.8, 4) is 0 Å². The van der Waals surface area contributed by atoms with Gasteiger partial charge in [0.25, 0.3) is 0 Å². The van der Waals surface area contributed by atoms with Crippen LogP contribution in [0.3, 0.4) is 0 Å². The van der Waals surface area contributed by atoms with Crippen LogP contribution < -0.4 is 0 Å². The number of hydrogen-bond donors (Lipinski definition) is 0. The van der Waals surface area contributed by atoms with Gasteiger partial charge in [0.05, 0.1) is 32.0 Å². The van der Waals surface area contributed by atoms with Crippen LogP contribution in [0.25, 0.3) is 0 Å². The van der Waals surface area contributed by atoms with Gasteiger partial charge in [-0.3, -0.25) is 0 Å². The van der Waals surface area contributed by atoms with Crippen LogP contribution in [0.1, 0.15) is 12.8 Å². The molecule has 3 unspecified atom stereocenters. The summed E-state index contributed by atoms with van der Waals surface area (Å²) in [4.78, 5) is 0. The molecular formula is C12H24O6Si. The SMILES string of the molecule is CO[Si](CCC(CC1CO1)OCC1CO1)(OC)OC. The van der Waals surface area contributed by atoms with Crippen molar-refractivity contribution in [3.63, 3.8) is 0 Å². The van der Waals surface area contributed by atoms with E-state index in [1.165, 1.54) is 0 Å². The molecule has 0 aromatic heterocycles. The summed E-state index contributed by atoms with van der Waals surface area (Å²) in [5.74, 6) is 0. The van der Waals surface area contributed by atoms with Crippen molar-refractivity contribution >= 4 is 8.80 Å². The Bertz CT molecular complexity index is 257. The standard InChI is InChI=1S/C12H24O6Si/c1-13-19(14-2,15-3)5-4-10(6-11-7-17-11)16-8-12-9-18-12/h10-12H,4-9H2,1-3H3. The summed E-state index contributed by atoms with van der Waals surface area (Å²) in [7, 11) is 2.40. The van der Waals surface area contributed by atoms with E-state index in [1.54, 1.807) is 21.3 Å². The van der Waals surface area contributed by atoms with Crippen molar-refractivity contribution in [2.45, 2.75) is 37.2 Å². The molecule has 0 spiro atoms. The Morgan fingerprint density at radius 1 is 1.05 bits per heavy atom. The minimum absolute atomic E-state index is 0.157. The molecule has 0 radical (unpaired) electrons. The van der Waals surface area contributed by atoms with Gasteiger partial charge in [0.15, 0.2) is 0 Å². The molecule has 0 saturated carbocycles. The Morgan fingerprint density at radius 3 is 2.11 bits per heavy atom. The average Bonchev–Trinajstić information content (AvgIpc) is 3.32. The summed E-state index contributed by atoms with van der Waals surface area (Å²) in [5.41, 5.74) is 0. The minimum Gasteiger partial charge on any atom is -0.377 e. The first-order chi connectivity index (χ1) is 9.21. The second-order valence-electron chi connectivity index (χ2n) is 4.94. The molecule has 19 heavy (non-hydrogen) atoms. The number of ether oxygens (including phenoxy) is 3. The highest BCUT2D eigenvalue weighted by Gasteiger charge is 2.39. The van der Waals surface area contributed by atoms with Crippen molar-refractivity contribution in [3.05, 3.63) is 0 Å². The summed E-state index contributed by atoms with van der Waals surface area (Å²) >= 11 is 0. The number of hydrogen-bond acceptors (Lipinski definition) is 6. The zero-order valence-electron chi connectivity index (χ0n) is 11.9. The molecule has 2 heterocycles. The van der Waals surface area contributed by atoms with E-state index in [4.69, 9.17) is 27.5 Å². The van der Waals surface area contributed by atoms with Crippen LogP contribution in [-0.2, 0) is 27.5 Å². The van der Waals surface area contributed by atoms with Gasteiger partial charge in [-0.2, -0.15) is 0 Å². The predicted octanol–water partition coefficient (Wildman–Crippen LogP) is 0.827. The van der Waals surface area contributed by atoms with E-state index >= 15 is 0 Å². The Morgan fingerprint density at radius 2 is 1.63 bits per heavy atom. The van der Waals surface area contributed by atoms with Gasteiger partial charge in [-0.1, -0.05) is 0 Å². The molecule has 0 amide bonds. The van der Waals surface area contributed by atoms with Gasteiger partial charge in [0.1, 0.15) is 6.10 Å². The fourth-order valence-corrected chi connectivity index (χ4v) is 3.86. The van der Waals surface area contributed by atoms with Crippen LogP contribution in [0.4, 0.5) is 0 Å². The van der Waals surface area contributed by atoms with E-state index in [-0.39, 0.29) is 12.2 Å². The molecule has 0 aromatic rings. The lowest BCUT2D eigenvalue weighted by atomic mass is 10.1. The maximum atomic E-state index is 5.90. The van der Waals surface area contributed by atoms with Crippen LogP contribution in [0.5, 0.6) is 0 Å². The van der Waals surface area contributed by atoms with Crippen molar-refractivity contribution in [1.29, 1.82) is 0 Å².